The lowest BCUT2D eigenvalue weighted by atomic mass is 10.0. The van der Waals surface area contributed by atoms with Crippen molar-refractivity contribution in [3.63, 3.8) is 0 Å². The number of rotatable bonds is 3. The maximum absolute atomic E-state index is 12.8. The fourth-order valence-corrected chi connectivity index (χ4v) is 3.13. The topological polar surface area (TPSA) is 79.0 Å². The third-order valence-electron chi connectivity index (χ3n) is 4.72. The largest absolute Gasteiger partial charge is 0.469 e. The van der Waals surface area contributed by atoms with Crippen molar-refractivity contribution in [2.24, 2.45) is 5.92 Å². The van der Waals surface area contributed by atoms with Gasteiger partial charge in [0.2, 0.25) is 5.91 Å². The Balaban J connectivity index is 1.92. The minimum absolute atomic E-state index is 0.0290. The number of esters is 1. The van der Waals surface area contributed by atoms with Crippen molar-refractivity contribution in [1.82, 2.24) is 9.80 Å². The maximum atomic E-state index is 12.8. The van der Waals surface area contributed by atoms with E-state index in [1.165, 1.54) is 16.9 Å². The van der Waals surface area contributed by atoms with Crippen LogP contribution in [0.4, 0.5) is 10.5 Å². The number of para-hydroxylation sites is 1. The van der Waals surface area contributed by atoms with Gasteiger partial charge in [0.25, 0.3) is 0 Å². The molecular weight excluding hydrogens is 370 g/mol. The van der Waals surface area contributed by atoms with E-state index in [2.05, 4.69) is 5.32 Å². The molecule has 0 aromatic heterocycles. The number of nitrogens with zero attached hydrogens (tertiary/aromatic N) is 2. The number of urea groups is 1. The number of anilines is 1. The predicted octanol–water partition coefficient (Wildman–Crippen LogP) is 2.82. The van der Waals surface area contributed by atoms with Gasteiger partial charge in [0.05, 0.1) is 13.0 Å². The molecule has 0 saturated carbocycles. The maximum Gasteiger partial charge on any atom is 0.322 e. The number of amides is 3. The van der Waals surface area contributed by atoms with Crippen LogP contribution in [0.25, 0.3) is 5.70 Å². The van der Waals surface area contributed by atoms with Crippen LogP contribution in [0, 0.1) is 5.92 Å². The normalized spacial score (nSPS) is 18.9. The summed E-state index contributed by atoms with van der Waals surface area (Å²) in [6.07, 6.45) is 1.68. The molecule has 7 nitrogen and oxygen atoms in total. The van der Waals surface area contributed by atoms with Crippen LogP contribution in [0.15, 0.2) is 66.7 Å². The molecule has 7 heteroatoms. The Morgan fingerprint density at radius 1 is 1.03 bits per heavy atom. The quantitative estimate of drug-likeness (QED) is 0.814. The van der Waals surface area contributed by atoms with Crippen LogP contribution >= 0.6 is 0 Å². The van der Waals surface area contributed by atoms with E-state index in [4.69, 9.17) is 4.74 Å². The second-order valence-corrected chi connectivity index (χ2v) is 6.68. The van der Waals surface area contributed by atoms with Crippen LogP contribution in [0.5, 0.6) is 0 Å². The fourth-order valence-electron chi connectivity index (χ4n) is 3.13. The van der Waals surface area contributed by atoms with E-state index < -0.39 is 17.9 Å². The smallest absolute Gasteiger partial charge is 0.322 e. The van der Waals surface area contributed by atoms with Crippen molar-refractivity contribution in [3.05, 3.63) is 72.3 Å². The van der Waals surface area contributed by atoms with Gasteiger partial charge in [-0.15, -0.1) is 0 Å². The molecule has 1 N–H and O–H groups in total. The highest BCUT2D eigenvalue weighted by atomic mass is 16.5. The zero-order valence-corrected chi connectivity index (χ0v) is 16.4. The summed E-state index contributed by atoms with van der Waals surface area (Å²) in [5.41, 5.74) is 2.02. The molecule has 1 heterocycles. The van der Waals surface area contributed by atoms with E-state index in [0.29, 0.717) is 11.4 Å². The van der Waals surface area contributed by atoms with Gasteiger partial charge in [-0.25, -0.2) is 4.79 Å². The molecule has 0 fully saturated rings. The van der Waals surface area contributed by atoms with Crippen LogP contribution in [0.1, 0.15) is 5.56 Å². The molecule has 1 unspecified atom stereocenters. The summed E-state index contributed by atoms with van der Waals surface area (Å²) in [6, 6.07) is 17.8. The summed E-state index contributed by atoms with van der Waals surface area (Å²) in [6.45, 7) is -0.131. The van der Waals surface area contributed by atoms with E-state index >= 15 is 0 Å². The fraction of sp³-hybridized carbons (Fsp3) is 0.227. The average molecular weight is 393 g/mol. The predicted molar refractivity (Wildman–Crippen MR) is 110 cm³/mol. The van der Waals surface area contributed by atoms with Gasteiger partial charge in [-0.1, -0.05) is 48.5 Å². The molecule has 1 atom stereocenters. The van der Waals surface area contributed by atoms with Crippen LogP contribution in [0.2, 0.25) is 0 Å². The van der Waals surface area contributed by atoms with Crippen molar-refractivity contribution in [2.75, 3.05) is 32.6 Å². The van der Waals surface area contributed by atoms with Gasteiger partial charge in [-0.3, -0.25) is 9.59 Å². The molecule has 0 aliphatic carbocycles. The Bertz CT molecular complexity index is 912. The zero-order chi connectivity index (χ0) is 20.8. The summed E-state index contributed by atoms with van der Waals surface area (Å²) in [7, 11) is 2.94. The van der Waals surface area contributed by atoms with E-state index in [-0.39, 0.29) is 19.0 Å². The summed E-state index contributed by atoms with van der Waals surface area (Å²) in [4.78, 5) is 40.8. The summed E-state index contributed by atoms with van der Waals surface area (Å²) >= 11 is 0. The molecule has 150 valence electrons. The third-order valence-corrected chi connectivity index (χ3v) is 4.72. The van der Waals surface area contributed by atoms with Gasteiger partial charge in [0.15, 0.2) is 0 Å². The number of ether oxygens (including phenoxy) is 1. The number of likely N-dealkylation sites (N-methyl/N-ethyl adjacent to an activating group) is 1. The van der Waals surface area contributed by atoms with Gasteiger partial charge in [0.1, 0.15) is 6.54 Å². The van der Waals surface area contributed by atoms with Gasteiger partial charge < -0.3 is 19.9 Å². The van der Waals surface area contributed by atoms with Gasteiger partial charge in [0, 0.05) is 25.0 Å². The van der Waals surface area contributed by atoms with Crippen LogP contribution < -0.4 is 5.32 Å². The van der Waals surface area contributed by atoms with Crippen LogP contribution in [-0.2, 0) is 14.3 Å². The van der Waals surface area contributed by atoms with Crippen molar-refractivity contribution in [1.29, 1.82) is 0 Å². The average Bonchev–Trinajstić information content (AvgIpc) is 2.75. The molecule has 29 heavy (non-hydrogen) atoms. The summed E-state index contributed by atoms with van der Waals surface area (Å²) in [5.74, 6) is -1.45. The Labute approximate surface area is 169 Å². The number of carbonyl (C=O) groups is 3. The lowest BCUT2D eigenvalue weighted by Crippen LogP contribution is -2.47. The van der Waals surface area contributed by atoms with Crippen molar-refractivity contribution in [2.45, 2.75) is 0 Å². The van der Waals surface area contributed by atoms with Crippen LogP contribution in [-0.4, -0.2) is 55.0 Å². The lowest BCUT2D eigenvalue weighted by molar-refractivity contribution is -0.144. The molecule has 2 aromatic carbocycles. The molecular formula is C22H23N3O4. The van der Waals surface area contributed by atoms with E-state index in [1.54, 1.807) is 37.4 Å². The zero-order valence-electron chi connectivity index (χ0n) is 16.4. The standard InChI is InChI=1S/C22H23N3O4/c1-24-19(16-9-5-3-6-10-16)13-17(21(27)29-2)14-25(15-20(24)26)22(28)23-18-11-7-4-8-12-18/h3-13,17H,14-15H2,1-2H3,(H,23,28)/b19-13-. The summed E-state index contributed by atoms with van der Waals surface area (Å²) in [5, 5.41) is 2.76. The highest BCUT2D eigenvalue weighted by molar-refractivity contribution is 5.96. The Kier molecular flexibility index (Phi) is 6.29. The molecule has 0 saturated heterocycles. The Morgan fingerprint density at radius 3 is 2.28 bits per heavy atom. The monoisotopic (exact) mass is 393 g/mol. The van der Waals surface area contributed by atoms with Crippen molar-refractivity contribution < 1.29 is 19.1 Å². The number of benzene rings is 2. The summed E-state index contributed by atoms with van der Waals surface area (Å²) < 4.78 is 4.93. The Hall–Kier alpha value is -3.61. The molecule has 0 radical (unpaired) electrons. The van der Waals surface area contributed by atoms with Gasteiger partial charge in [-0.2, -0.15) is 0 Å². The molecule has 3 rings (SSSR count). The second kappa shape index (κ2) is 9.05. The number of hydrogen-bond donors (Lipinski definition) is 1. The highest BCUT2D eigenvalue weighted by Gasteiger charge is 2.31. The molecule has 3 amide bonds. The van der Waals surface area contributed by atoms with Crippen molar-refractivity contribution >= 4 is 29.3 Å². The minimum Gasteiger partial charge on any atom is -0.469 e. The first-order chi connectivity index (χ1) is 14.0. The van der Waals surface area contributed by atoms with Crippen molar-refractivity contribution in [3.8, 4) is 0 Å². The lowest BCUT2D eigenvalue weighted by Gasteiger charge is -2.32. The molecule has 0 spiro atoms. The highest BCUT2D eigenvalue weighted by Crippen LogP contribution is 2.24. The number of hydrogen-bond acceptors (Lipinski definition) is 4. The second-order valence-electron chi connectivity index (χ2n) is 6.68. The third kappa shape index (κ3) is 4.82. The molecule has 1 aliphatic heterocycles. The molecule has 1 aliphatic rings. The Morgan fingerprint density at radius 2 is 1.66 bits per heavy atom. The first kappa shape index (κ1) is 20.1. The SMILES string of the molecule is COC(=O)C1/C=C(/c2ccccc2)N(C)C(=O)CN(C(=O)Nc2ccccc2)C1. The minimum atomic E-state index is -0.715. The van der Waals surface area contributed by atoms with Crippen LogP contribution in [0.3, 0.4) is 0 Å². The van der Waals surface area contributed by atoms with E-state index in [1.807, 2.05) is 36.4 Å². The number of nitrogens with one attached hydrogen (secondary N) is 1. The number of carbonyl (C=O) groups excluding carboxylic acids is 3. The molecule has 2 aromatic rings. The first-order valence-corrected chi connectivity index (χ1v) is 9.22. The van der Waals surface area contributed by atoms with E-state index in [9.17, 15) is 14.4 Å². The van der Waals surface area contributed by atoms with E-state index in [0.717, 1.165) is 5.56 Å². The molecule has 0 bridgehead atoms. The van der Waals surface area contributed by atoms with Gasteiger partial charge >= 0.3 is 12.0 Å². The van der Waals surface area contributed by atoms with Gasteiger partial charge in [-0.05, 0) is 23.8 Å². The number of methoxy groups -OCH3 is 1. The first-order valence-electron chi connectivity index (χ1n) is 9.22.